The van der Waals surface area contributed by atoms with Crippen LogP contribution in [0, 0.1) is 17.1 Å². The summed E-state index contributed by atoms with van der Waals surface area (Å²) in [4.78, 5) is 2.22. The van der Waals surface area contributed by atoms with Gasteiger partial charge in [-0.15, -0.1) is 0 Å². The molecule has 4 heteroatoms. The van der Waals surface area contributed by atoms with E-state index in [2.05, 4.69) is 18.7 Å². The summed E-state index contributed by atoms with van der Waals surface area (Å²) in [5, 5.41) is 8.80. The van der Waals surface area contributed by atoms with E-state index in [1.54, 1.807) is 19.2 Å². The predicted molar refractivity (Wildman–Crippen MR) is 68.5 cm³/mol. The molecule has 0 aliphatic carbocycles. The summed E-state index contributed by atoms with van der Waals surface area (Å²) >= 11 is 0. The van der Waals surface area contributed by atoms with Gasteiger partial charge in [0.2, 0.25) is 0 Å². The lowest BCUT2D eigenvalue weighted by atomic mass is 10.1. The number of nitrogens with zero attached hydrogens (tertiary/aromatic N) is 2. The average molecular weight is 250 g/mol. The van der Waals surface area contributed by atoms with Crippen LogP contribution in [0.1, 0.15) is 25.0 Å². The van der Waals surface area contributed by atoms with Crippen LogP contribution >= 0.6 is 0 Å². The summed E-state index contributed by atoms with van der Waals surface area (Å²) in [6, 6.07) is 6.83. The Bertz CT molecular complexity index is 428. The Hall–Kier alpha value is -1.44. The first-order valence-electron chi connectivity index (χ1n) is 6.03. The lowest BCUT2D eigenvalue weighted by Crippen LogP contribution is -2.35. The maximum absolute atomic E-state index is 13.2. The normalized spacial score (nSPS) is 12.4. The molecule has 0 bridgehead atoms. The summed E-state index contributed by atoms with van der Waals surface area (Å²) in [6.07, 6.45) is 0. The second kappa shape index (κ2) is 7.10. The molecular formula is C14H19FN2O. The third kappa shape index (κ3) is 3.80. The van der Waals surface area contributed by atoms with E-state index in [9.17, 15) is 4.39 Å². The molecule has 1 aromatic rings. The van der Waals surface area contributed by atoms with Crippen molar-refractivity contribution in [2.45, 2.75) is 26.4 Å². The first-order chi connectivity index (χ1) is 8.62. The lowest BCUT2D eigenvalue weighted by Gasteiger charge is -2.27. The molecule has 98 valence electrons. The number of rotatable bonds is 6. The van der Waals surface area contributed by atoms with Crippen LogP contribution in [-0.2, 0) is 11.3 Å². The Labute approximate surface area is 108 Å². The summed E-state index contributed by atoms with van der Waals surface area (Å²) < 4.78 is 18.3. The highest BCUT2D eigenvalue weighted by Crippen LogP contribution is 2.13. The Kier molecular flexibility index (Phi) is 5.76. The minimum absolute atomic E-state index is 0.1000. The number of likely N-dealkylation sites (N-methyl/N-ethyl adjacent to an activating group) is 1. The van der Waals surface area contributed by atoms with Crippen molar-refractivity contribution >= 4 is 0 Å². The van der Waals surface area contributed by atoms with Gasteiger partial charge in [0.1, 0.15) is 11.9 Å². The number of hydrogen-bond acceptors (Lipinski definition) is 3. The standard InChI is InChI=1S/C14H19FN2O/c1-4-17(11(2)10-18-3)9-12-5-6-14(15)13(7-12)8-16/h5-7,11H,4,9-10H2,1-3H3. The van der Waals surface area contributed by atoms with Gasteiger partial charge in [0.25, 0.3) is 0 Å². The SMILES string of the molecule is CCN(Cc1ccc(F)c(C#N)c1)C(C)COC. The molecule has 0 amide bonds. The molecule has 0 N–H and O–H groups in total. The van der Waals surface area contributed by atoms with Crippen molar-refractivity contribution < 1.29 is 9.13 Å². The minimum atomic E-state index is -0.464. The fourth-order valence-electron chi connectivity index (χ4n) is 1.92. The first-order valence-corrected chi connectivity index (χ1v) is 6.03. The molecule has 0 spiro atoms. The van der Waals surface area contributed by atoms with Gasteiger partial charge in [-0.25, -0.2) is 4.39 Å². The monoisotopic (exact) mass is 250 g/mol. The van der Waals surface area contributed by atoms with E-state index in [0.29, 0.717) is 13.2 Å². The van der Waals surface area contributed by atoms with Gasteiger partial charge in [0, 0.05) is 19.7 Å². The Morgan fingerprint density at radius 1 is 1.50 bits per heavy atom. The maximum Gasteiger partial charge on any atom is 0.140 e. The van der Waals surface area contributed by atoms with Gasteiger partial charge in [-0.1, -0.05) is 13.0 Å². The Morgan fingerprint density at radius 3 is 2.78 bits per heavy atom. The fourth-order valence-corrected chi connectivity index (χ4v) is 1.92. The molecule has 0 aromatic heterocycles. The molecule has 0 saturated carbocycles. The molecular weight excluding hydrogens is 231 g/mol. The van der Waals surface area contributed by atoms with E-state index in [1.165, 1.54) is 6.07 Å². The summed E-state index contributed by atoms with van der Waals surface area (Å²) in [7, 11) is 1.68. The Morgan fingerprint density at radius 2 is 2.22 bits per heavy atom. The second-order valence-corrected chi connectivity index (χ2v) is 4.29. The van der Waals surface area contributed by atoms with Crippen LogP contribution in [0.25, 0.3) is 0 Å². The van der Waals surface area contributed by atoms with Crippen molar-refractivity contribution in [2.75, 3.05) is 20.3 Å². The summed E-state index contributed by atoms with van der Waals surface area (Å²) in [5.74, 6) is -0.464. The van der Waals surface area contributed by atoms with Crippen LogP contribution < -0.4 is 0 Å². The smallest absolute Gasteiger partial charge is 0.140 e. The molecule has 0 fully saturated rings. The molecule has 0 heterocycles. The van der Waals surface area contributed by atoms with Crippen molar-refractivity contribution in [3.8, 4) is 6.07 Å². The van der Waals surface area contributed by atoms with Gasteiger partial charge in [-0.05, 0) is 31.2 Å². The molecule has 1 rings (SSSR count). The highest BCUT2D eigenvalue weighted by atomic mass is 19.1. The number of methoxy groups -OCH3 is 1. The topological polar surface area (TPSA) is 36.3 Å². The molecule has 0 aliphatic rings. The van der Waals surface area contributed by atoms with Crippen molar-refractivity contribution in [1.29, 1.82) is 5.26 Å². The van der Waals surface area contributed by atoms with Gasteiger partial charge >= 0.3 is 0 Å². The molecule has 1 aromatic carbocycles. The van der Waals surface area contributed by atoms with Crippen molar-refractivity contribution in [3.63, 3.8) is 0 Å². The molecule has 1 unspecified atom stereocenters. The molecule has 0 saturated heterocycles. The maximum atomic E-state index is 13.2. The largest absolute Gasteiger partial charge is 0.383 e. The van der Waals surface area contributed by atoms with Crippen LogP contribution in [0.15, 0.2) is 18.2 Å². The number of ether oxygens (including phenoxy) is 1. The van der Waals surface area contributed by atoms with Gasteiger partial charge in [0.15, 0.2) is 0 Å². The van der Waals surface area contributed by atoms with Crippen molar-refractivity contribution in [3.05, 3.63) is 35.1 Å². The molecule has 3 nitrogen and oxygen atoms in total. The van der Waals surface area contributed by atoms with Gasteiger partial charge in [-0.2, -0.15) is 5.26 Å². The fraction of sp³-hybridized carbons (Fsp3) is 0.500. The second-order valence-electron chi connectivity index (χ2n) is 4.29. The van der Waals surface area contributed by atoms with Crippen LogP contribution in [0.2, 0.25) is 0 Å². The summed E-state index contributed by atoms with van der Waals surface area (Å²) in [5.41, 5.74) is 1.04. The van der Waals surface area contributed by atoms with E-state index in [4.69, 9.17) is 10.00 Å². The molecule has 0 radical (unpaired) electrons. The van der Waals surface area contributed by atoms with Gasteiger partial charge in [0.05, 0.1) is 12.2 Å². The zero-order chi connectivity index (χ0) is 13.5. The first kappa shape index (κ1) is 14.6. The van der Waals surface area contributed by atoms with Gasteiger partial charge < -0.3 is 4.74 Å². The van der Waals surface area contributed by atoms with Crippen LogP contribution in [-0.4, -0.2) is 31.2 Å². The number of halogens is 1. The molecule has 1 atom stereocenters. The van der Waals surface area contributed by atoms with Crippen LogP contribution in [0.3, 0.4) is 0 Å². The highest BCUT2D eigenvalue weighted by molar-refractivity contribution is 5.34. The average Bonchev–Trinajstić information content (AvgIpc) is 2.37. The minimum Gasteiger partial charge on any atom is -0.383 e. The third-order valence-corrected chi connectivity index (χ3v) is 2.97. The van der Waals surface area contributed by atoms with E-state index in [0.717, 1.165) is 12.1 Å². The van der Waals surface area contributed by atoms with E-state index in [-0.39, 0.29) is 11.6 Å². The number of hydrogen-bond donors (Lipinski definition) is 0. The molecule has 0 aliphatic heterocycles. The zero-order valence-electron chi connectivity index (χ0n) is 11.1. The van der Waals surface area contributed by atoms with Crippen LogP contribution in [0.4, 0.5) is 4.39 Å². The van der Waals surface area contributed by atoms with Crippen molar-refractivity contribution in [1.82, 2.24) is 4.90 Å². The van der Waals surface area contributed by atoms with Crippen molar-refractivity contribution in [2.24, 2.45) is 0 Å². The number of benzene rings is 1. The van der Waals surface area contributed by atoms with E-state index < -0.39 is 5.82 Å². The predicted octanol–water partition coefficient (Wildman–Crippen LogP) is 2.55. The highest BCUT2D eigenvalue weighted by Gasteiger charge is 2.13. The lowest BCUT2D eigenvalue weighted by molar-refractivity contribution is 0.0982. The Balaban J connectivity index is 2.79. The summed E-state index contributed by atoms with van der Waals surface area (Å²) in [6.45, 7) is 6.38. The van der Waals surface area contributed by atoms with E-state index >= 15 is 0 Å². The molecule has 18 heavy (non-hydrogen) atoms. The quantitative estimate of drug-likeness (QED) is 0.778. The van der Waals surface area contributed by atoms with Crippen LogP contribution in [0.5, 0.6) is 0 Å². The zero-order valence-corrected chi connectivity index (χ0v) is 11.1. The third-order valence-electron chi connectivity index (χ3n) is 2.97. The van der Waals surface area contributed by atoms with Gasteiger partial charge in [-0.3, -0.25) is 4.90 Å². The van der Waals surface area contributed by atoms with E-state index in [1.807, 2.05) is 6.07 Å². The number of nitriles is 1.